The van der Waals surface area contributed by atoms with Crippen LogP contribution in [0.15, 0.2) is 18.2 Å². The van der Waals surface area contributed by atoms with Crippen LogP contribution < -0.4 is 4.74 Å². The highest BCUT2D eigenvalue weighted by molar-refractivity contribution is 6.74. The first-order valence-corrected chi connectivity index (χ1v) is 12.1. The van der Waals surface area contributed by atoms with Gasteiger partial charge in [0.2, 0.25) is 0 Å². The highest BCUT2D eigenvalue weighted by atomic mass is 28.4. The maximum absolute atomic E-state index is 13.9. The molecule has 29 heavy (non-hydrogen) atoms. The number of carbonyl (C=O) groups is 1. The van der Waals surface area contributed by atoms with Gasteiger partial charge < -0.3 is 14.0 Å². The monoisotopic (exact) mass is 437 g/mol. The molecule has 0 spiro atoms. The molecular formula is C19H27F4NO4Si. The lowest BCUT2D eigenvalue weighted by molar-refractivity contribution is -0.242. The number of hydrogen-bond donors (Lipinski definition) is 0. The molecule has 1 aromatic rings. The van der Waals surface area contributed by atoms with Crippen LogP contribution in [0, 0.1) is 5.82 Å². The largest absolute Gasteiger partial charge is 0.496 e. The second-order valence-corrected chi connectivity index (χ2v) is 13.4. The average molecular weight is 438 g/mol. The summed E-state index contributed by atoms with van der Waals surface area (Å²) in [6, 6.07) is 2.91. The van der Waals surface area contributed by atoms with Gasteiger partial charge in [-0.1, -0.05) is 20.8 Å². The predicted octanol–water partition coefficient (Wildman–Crippen LogP) is 4.99. The van der Waals surface area contributed by atoms with Gasteiger partial charge in [0.25, 0.3) is 0 Å². The number of carbonyl (C=O) groups excluding carboxylic acids is 1. The van der Waals surface area contributed by atoms with Crippen LogP contribution in [0.3, 0.4) is 0 Å². The van der Waals surface area contributed by atoms with Crippen LogP contribution in [0.1, 0.15) is 38.8 Å². The summed E-state index contributed by atoms with van der Waals surface area (Å²) in [4.78, 5) is 16.1. The molecule has 1 aromatic carbocycles. The molecule has 0 N–H and O–H groups in total. The van der Waals surface area contributed by atoms with E-state index in [2.05, 4.69) is 4.84 Å². The lowest BCUT2D eigenvalue weighted by Crippen LogP contribution is -2.44. The average Bonchev–Trinajstić information content (AvgIpc) is 2.94. The van der Waals surface area contributed by atoms with Crippen LogP contribution in [0.25, 0.3) is 0 Å². The molecule has 2 rings (SSSR count). The summed E-state index contributed by atoms with van der Waals surface area (Å²) >= 11 is 0. The molecular weight excluding hydrogens is 410 g/mol. The van der Waals surface area contributed by atoms with Crippen LogP contribution in [-0.2, 0) is 14.1 Å². The third-order valence-corrected chi connectivity index (χ3v) is 10.0. The quantitative estimate of drug-likeness (QED) is 0.480. The van der Waals surface area contributed by atoms with Crippen molar-refractivity contribution in [2.45, 2.75) is 63.6 Å². The van der Waals surface area contributed by atoms with E-state index < -0.39 is 38.4 Å². The fraction of sp³-hybridized carbons (Fsp3) is 0.632. The molecule has 164 valence electrons. The Hall–Kier alpha value is -1.65. The van der Waals surface area contributed by atoms with Gasteiger partial charge in [-0.25, -0.2) is 9.18 Å². The minimum Gasteiger partial charge on any atom is -0.496 e. The molecule has 0 aromatic heterocycles. The lowest BCUT2D eigenvalue weighted by atomic mass is 10.0. The van der Waals surface area contributed by atoms with Crippen molar-refractivity contribution in [3.8, 4) is 5.75 Å². The number of ether oxygens (including phenoxy) is 1. The number of hydroxylamine groups is 2. The number of methoxy groups -OCH3 is 1. The number of alkyl halides is 3. The van der Waals surface area contributed by atoms with Gasteiger partial charge in [-0.3, -0.25) is 0 Å². The van der Waals surface area contributed by atoms with E-state index in [1.165, 1.54) is 25.3 Å². The van der Waals surface area contributed by atoms with Crippen molar-refractivity contribution in [2.75, 3.05) is 13.7 Å². The van der Waals surface area contributed by atoms with E-state index >= 15 is 0 Å². The van der Waals surface area contributed by atoms with Crippen molar-refractivity contribution in [3.63, 3.8) is 0 Å². The Balaban J connectivity index is 2.35. The molecule has 1 fully saturated rings. The van der Waals surface area contributed by atoms with Crippen molar-refractivity contribution in [3.05, 3.63) is 29.6 Å². The molecule has 0 amide bonds. The van der Waals surface area contributed by atoms with Crippen molar-refractivity contribution in [2.24, 2.45) is 0 Å². The van der Waals surface area contributed by atoms with E-state index in [1.54, 1.807) is 0 Å². The van der Waals surface area contributed by atoms with Gasteiger partial charge in [0, 0.05) is 5.56 Å². The van der Waals surface area contributed by atoms with Crippen LogP contribution in [-0.4, -0.2) is 45.3 Å². The summed E-state index contributed by atoms with van der Waals surface area (Å²) in [6.45, 7) is 10.1. The Bertz CT molecular complexity index is 749. The third-order valence-electron chi connectivity index (χ3n) is 5.47. The standard InChI is InChI=1S/C19H27F4NO4Si/c1-18(2,3)29(5,6)28-13-10-15(14-9-12(20)7-8-16(14)26-4)24(11-13)27-17(25)19(21,22)23/h7-9,13,15H,10-11H2,1-6H3. The first-order valence-electron chi connectivity index (χ1n) is 9.22. The fourth-order valence-electron chi connectivity index (χ4n) is 2.95. The summed E-state index contributed by atoms with van der Waals surface area (Å²) in [5.74, 6) is -2.61. The number of halogens is 4. The molecule has 1 aliphatic rings. The first-order chi connectivity index (χ1) is 13.2. The highest BCUT2D eigenvalue weighted by Gasteiger charge is 2.48. The molecule has 0 saturated carbocycles. The molecule has 10 heteroatoms. The maximum atomic E-state index is 13.9. The summed E-state index contributed by atoms with van der Waals surface area (Å²) < 4.78 is 63.7. The second-order valence-electron chi connectivity index (χ2n) is 8.61. The van der Waals surface area contributed by atoms with Crippen molar-refractivity contribution in [1.29, 1.82) is 0 Å². The normalized spacial score (nSPS) is 21.3. The maximum Gasteiger partial charge on any atom is 0.492 e. The minimum atomic E-state index is -5.14. The van der Waals surface area contributed by atoms with Gasteiger partial charge in [0.1, 0.15) is 11.6 Å². The number of benzene rings is 1. The molecule has 1 heterocycles. The number of hydrogen-bond acceptors (Lipinski definition) is 5. The Morgan fingerprint density at radius 2 is 1.83 bits per heavy atom. The van der Waals surface area contributed by atoms with Gasteiger partial charge in [-0.2, -0.15) is 13.2 Å². The van der Waals surface area contributed by atoms with E-state index in [-0.39, 0.29) is 23.8 Å². The van der Waals surface area contributed by atoms with E-state index in [1.807, 2.05) is 33.9 Å². The van der Waals surface area contributed by atoms with Crippen LogP contribution in [0.5, 0.6) is 5.75 Å². The Labute approximate surface area is 169 Å². The molecule has 2 atom stereocenters. The van der Waals surface area contributed by atoms with Gasteiger partial charge in [0.05, 0.1) is 25.8 Å². The molecule has 0 bridgehead atoms. The molecule has 0 aliphatic carbocycles. The number of nitrogens with zero attached hydrogens (tertiary/aromatic N) is 1. The van der Waals surface area contributed by atoms with Gasteiger partial charge in [-0.15, -0.1) is 5.06 Å². The highest BCUT2D eigenvalue weighted by Crippen LogP contribution is 2.43. The Morgan fingerprint density at radius 3 is 2.34 bits per heavy atom. The van der Waals surface area contributed by atoms with Crippen molar-refractivity contribution < 1.29 is 36.4 Å². The van der Waals surface area contributed by atoms with Crippen LogP contribution in [0.2, 0.25) is 18.1 Å². The van der Waals surface area contributed by atoms with Gasteiger partial charge >= 0.3 is 12.1 Å². The molecule has 1 aliphatic heterocycles. The van der Waals surface area contributed by atoms with E-state index in [0.717, 1.165) is 5.06 Å². The smallest absolute Gasteiger partial charge is 0.492 e. The fourth-order valence-corrected chi connectivity index (χ4v) is 4.31. The first kappa shape index (κ1) is 23.6. The van der Waals surface area contributed by atoms with Gasteiger partial charge in [0.15, 0.2) is 8.32 Å². The molecule has 1 saturated heterocycles. The SMILES string of the molecule is COc1ccc(F)cc1C1CC(O[Si](C)(C)C(C)(C)C)CN1OC(=O)C(F)(F)F. The summed E-state index contributed by atoms with van der Waals surface area (Å²) in [5.41, 5.74) is 0.295. The zero-order valence-corrected chi connectivity index (χ0v) is 18.4. The third kappa shape index (κ3) is 5.49. The van der Waals surface area contributed by atoms with Crippen molar-refractivity contribution >= 4 is 14.3 Å². The van der Waals surface area contributed by atoms with Crippen LogP contribution in [0.4, 0.5) is 17.6 Å². The van der Waals surface area contributed by atoms with E-state index in [0.29, 0.717) is 5.56 Å². The topological polar surface area (TPSA) is 48.0 Å². The second kappa shape index (κ2) is 8.23. The summed E-state index contributed by atoms with van der Waals surface area (Å²) in [6.07, 6.45) is -5.39. The van der Waals surface area contributed by atoms with E-state index in [9.17, 15) is 22.4 Å². The Morgan fingerprint density at radius 1 is 1.21 bits per heavy atom. The molecule has 5 nitrogen and oxygen atoms in total. The predicted molar refractivity (Wildman–Crippen MR) is 101 cm³/mol. The summed E-state index contributed by atoms with van der Waals surface area (Å²) in [7, 11) is -0.858. The van der Waals surface area contributed by atoms with E-state index in [4.69, 9.17) is 9.16 Å². The lowest BCUT2D eigenvalue weighted by Gasteiger charge is -2.38. The Kier molecular flexibility index (Phi) is 6.71. The van der Waals surface area contributed by atoms with Crippen LogP contribution >= 0.6 is 0 Å². The van der Waals surface area contributed by atoms with Gasteiger partial charge in [-0.05, 0) is 42.8 Å². The molecule has 2 unspecified atom stereocenters. The van der Waals surface area contributed by atoms with Crippen molar-refractivity contribution in [1.82, 2.24) is 5.06 Å². The minimum absolute atomic E-state index is 0.0569. The number of rotatable bonds is 5. The zero-order chi connectivity index (χ0) is 22.2. The zero-order valence-electron chi connectivity index (χ0n) is 17.4. The molecule has 0 radical (unpaired) electrons. The summed E-state index contributed by atoms with van der Waals surface area (Å²) in [5, 5.41) is 0.806.